The van der Waals surface area contributed by atoms with Gasteiger partial charge in [0.1, 0.15) is 0 Å². The summed E-state index contributed by atoms with van der Waals surface area (Å²) in [4.78, 5) is 14.0. The minimum Gasteiger partial charge on any atom is -0.408 e. The topological polar surface area (TPSA) is 38.4 Å². The van der Waals surface area contributed by atoms with Crippen molar-refractivity contribution in [3.05, 3.63) is 69.7 Å². The van der Waals surface area contributed by atoms with Crippen molar-refractivity contribution in [2.75, 3.05) is 7.05 Å². The van der Waals surface area contributed by atoms with Gasteiger partial charge in [-0.25, -0.2) is 4.79 Å². The van der Waals surface area contributed by atoms with Crippen LogP contribution in [0.15, 0.2) is 57.7 Å². The van der Waals surface area contributed by atoms with E-state index in [0.29, 0.717) is 17.3 Å². The van der Waals surface area contributed by atoms with Crippen LogP contribution in [0.2, 0.25) is 5.02 Å². The SMILES string of the molecule is CN(Cc1ccccc1)Cn1c(=O)oc2cc(Cl)ccc21. The molecule has 2 aromatic carbocycles. The van der Waals surface area contributed by atoms with Crippen LogP contribution in [0.4, 0.5) is 0 Å². The molecular formula is C16H15ClN2O2. The zero-order chi connectivity index (χ0) is 14.8. The van der Waals surface area contributed by atoms with E-state index in [1.807, 2.05) is 25.2 Å². The molecule has 0 aliphatic rings. The second-order valence-corrected chi connectivity index (χ2v) is 5.49. The fourth-order valence-electron chi connectivity index (χ4n) is 2.36. The van der Waals surface area contributed by atoms with Crippen LogP contribution >= 0.6 is 11.6 Å². The van der Waals surface area contributed by atoms with Crippen LogP contribution in [0.3, 0.4) is 0 Å². The zero-order valence-corrected chi connectivity index (χ0v) is 12.4. The highest BCUT2D eigenvalue weighted by atomic mass is 35.5. The minimum absolute atomic E-state index is 0.368. The fraction of sp³-hybridized carbons (Fsp3) is 0.188. The normalized spacial score (nSPS) is 11.4. The van der Waals surface area contributed by atoms with E-state index in [4.69, 9.17) is 16.0 Å². The Balaban J connectivity index is 1.84. The monoisotopic (exact) mass is 302 g/mol. The number of hydrogen-bond donors (Lipinski definition) is 0. The number of hydrogen-bond acceptors (Lipinski definition) is 3. The van der Waals surface area contributed by atoms with Crippen molar-refractivity contribution in [2.24, 2.45) is 0 Å². The van der Waals surface area contributed by atoms with Crippen molar-refractivity contribution in [3.8, 4) is 0 Å². The van der Waals surface area contributed by atoms with Gasteiger partial charge in [0.15, 0.2) is 5.58 Å². The first-order valence-electron chi connectivity index (χ1n) is 6.65. The Morgan fingerprint density at radius 1 is 1.19 bits per heavy atom. The van der Waals surface area contributed by atoms with Crippen LogP contribution < -0.4 is 5.76 Å². The van der Waals surface area contributed by atoms with E-state index in [2.05, 4.69) is 17.0 Å². The molecule has 0 atom stereocenters. The molecule has 0 spiro atoms. The summed E-state index contributed by atoms with van der Waals surface area (Å²) in [5, 5.41) is 0.557. The van der Waals surface area contributed by atoms with Crippen molar-refractivity contribution in [2.45, 2.75) is 13.2 Å². The van der Waals surface area contributed by atoms with E-state index in [1.54, 1.807) is 22.8 Å². The highest BCUT2D eigenvalue weighted by Gasteiger charge is 2.11. The standard InChI is InChI=1S/C16H15ClN2O2/c1-18(10-12-5-3-2-4-6-12)11-19-14-8-7-13(17)9-15(14)21-16(19)20/h2-9H,10-11H2,1H3. The smallest absolute Gasteiger partial charge is 0.408 e. The van der Waals surface area contributed by atoms with Gasteiger partial charge in [0.25, 0.3) is 0 Å². The summed E-state index contributed by atoms with van der Waals surface area (Å²) >= 11 is 5.91. The maximum Gasteiger partial charge on any atom is 0.421 e. The lowest BCUT2D eigenvalue weighted by Crippen LogP contribution is -2.27. The molecule has 0 N–H and O–H groups in total. The van der Waals surface area contributed by atoms with Crippen molar-refractivity contribution in [1.29, 1.82) is 0 Å². The van der Waals surface area contributed by atoms with E-state index in [9.17, 15) is 4.79 Å². The number of nitrogens with zero attached hydrogens (tertiary/aromatic N) is 2. The van der Waals surface area contributed by atoms with Crippen molar-refractivity contribution in [1.82, 2.24) is 9.47 Å². The van der Waals surface area contributed by atoms with Gasteiger partial charge in [-0.3, -0.25) is 9.47 Å². The van der Waals surface area contributed by atoms with Crippen LogP contribution in [0.5, 0.6) is 0 Å². The maximum absolute atomic E-state index is 12.0. The average molecular weight is 303 g/mol. The molecule has 4 nitrogen and oxygen atoms in total. The number of aromatic nitrogens is 1. The maximum atomic E-state index is 12.0. The summed E-state index contributed by atoms with van der Waals surface area (Å²) in [5.41, 5.74) is 2.47. The third kappa shape index (κ3) is 3.01. The third-order valence-corrected chi connectivity index (χ3v) is 3.54. The summed E-state index contributed by atoms with van der Waals surface area (Å²) in [6, 6.07) is 15.3. The van der Waals surface area contributed by atoms with Crippen molar-refractivity contribution >= 4 is 22.7 Å². The second kappa shape index (κ2) is 5.76. The highest BCUT2D eigenvalue weighted by Crippen LogP contribution is 2.18. The van der Waals surface area contributed by atoms with Gasteiger partial charge in [-0.2, -0.15) is 0 Å². The van der Waals surface area contributed by atoms with Crippen LogP contribution in [-0.2, 0) is 13.2 Å². The molecule has 5 heteroatoms. The Morgan fingerprint density at radius 3 is 2.71 bits per heavy atom. The van der Waals surface area contributed by atoms with E-state index in [1.165, 1.54) is 5.56 Å². The summed E-state index contributed by atoms with van der Waals surface area (Å²) in [7, 11) is 1.97. The molecule has 0 aliphatic carbocycles. The first-order chi connectivity index (χ1) is 10.1. The summed E-state index contributed by atoms with van der Waals surface area (Å²) in [5.74, 6) is -0.368. The summed E-state index contributed by atoms with van der Waals surface area (Å²) in [6.45, 7) is 1.22. The zero-order valence-electron chi connectivity index (χ0n) is 11.6. The molecule has 3 aromatic rings. The Kier molecular flexibility index (Phi) is 3.82. The van der Waals surface area contributed by atoms with E-state index >= 15 is 0 Å². The number of halogens is 1. The Bertz CT molecular complexity index is 808. The molecule has 0 fully saturated rings. The van der Waals surface area contributed by atoms with Crippen LogP contribution in [-0.4, -0.2) is 16.5 Å². The van der Waals surface area contributed by atoms with Gasteiger partial charge in [0.2, 0.25) is 0 Å². The number of rotatable bonds is 4. The predicted octanol–water partition coefficient (Wildman–Crippen LogP) is 3.34. The molecule has 0 aliphatic heterocycles. The van der Waals surface area contributed by atoms with Gasteiger partial charge in [-0.05, 0) is 24.7 Å². The van der Waals surface area contributed by atoms with Gasteiger partial charge in [-0.15, -0.1) is 0 Å². The molecule has 0 radical (unpaired) electrons. The summed E-state index contributed by atoms with van der Waals surface area (Å²) in [6.07, 6.45) is 0. The first-order valence-corrected chi connectivity index (χ1v) is 7.02. The molecule has 21 heavy (non-hydrogen) atoms. The second-order valence-electron chi connectivity index (χ2n) is 5.05. The van der Waals surface area contributed by atoms with Crippen LogP contribution in [0, 0.1) is 0 Å². The molecule has 1 heterocycles. The molecule has 0 saturated heterocycles. The molecule has 1 aromatic heterocycles. The van der Waals surface area contributed by atoms with Crippen molar-refractivity contribution in [3.63, 3.8) is 0 Å². The Labute approximate surface area is 127 Å². The molecular weight excluding hydrogens is 288 g/mol. The first kappa shape index (κ1) is 13.9. The Hall–Kier alpha value is -2.04. The quantitative estimate of drug-likeness (QED) is 0.742. The van der Waals surface area contributed by atoms with Crippen molar-refractivity contribution < 1.29 is 4.42 Å². The number of fused-ring (bicyclic) bond motifs is 1. The van der Waals surface area contributed by atoms with Crippen LogP contribution in [0.25, 0.3) is 11.1 Å². The molecule has 0 unspecified atom stereocenters. The van der Waals surface area contributed by atoms with E-state index < -0.39 is 0 Å². The minimum atomic E-state index is -0.368. The predicted molar refractivity (Wildman–Crippen MR) is 83.4 cm³/mol. The average Bonchev–Trinajstić information content (AvgIpc) is 2.75. The third-order valence-electron chi connectivity index (χ3n) is 3.31. The molecule has 0 bridgehead atoms. The van der Waals surface area contributed by atoms with Gasteiger partial charge < -0.3 is 4.42 Å². The number of benzene rings is 2. The van der Waals surface area contributed by atoms with Gasteiger partial charge >= 0.3 is 5.76 Å². The lowest BCUT2D eigenvalue weighted by molar-refractivity contribution is 0.253. The number of oxazole rings is 1. The van der Waals surface area contributed by atoms with Crippen LogP contribution in [0.1, 0.15) is 5.56 Å². The molecule has 108 valence electrons. The Morgan fingerprint density at radius 2 is 1.95 bits per heavy atom. The van der Waals surface area contributed by atoms with Gasteiger partial charge in [0, 0.05) is 17.6 Å². The molecule has 0 saturated carbocycles. The van der Waals surface area contributed by atoms with Gasteiger partial charge in [-0.1, -0.05) is 41.9 Å². The molecule has 3 rings (SSSR count). The largest absolute Gasteiger partial charge is 0.421 e. The summed E-state index contributed by atoms with van der Waals surface area (Å²) < 4.78 is 6.83. The highest BCUT2D eigenvalue weighted by molar-refractivity contribution is 6.31. The van der Waals surface area contributed by atoms with E-state index in [0.717, 1.165) is 12.1 Å². The lowest BCUT2D eigenvalue weighted by atomic mass is 10.2. The lowest BCUT2D eigenvalue weighted by Gasteiger charge is -2.16. The van der Waals surface area contributed by atoms with Gasteiger partial charge in [0.05, 0.1) is 12.2 Å². The van der Waals surface area contributed by atoms with E-state index in [-0.39, 0.29) is 5.76 Å². The molecule has 0 amide bonds. The fourth-order valence-corrected chi connectivity index (χ4v) is 2.52.